The summed E-state index contributed by atoms with van der Waals surface area (Å²) in [5.41, 5.74) is 1.96. The third kappa shape index (κ3) is 3.24. The number of nitrogens with zero attached hydrogens (tertiary/aromatic N) is 3. The van der Waals surface area contributed by atoms with E-state index in [0.717, 1.165) is 42.1 Å². The Labute approximate surface area is 140 Å². The molecule has 24 heavy (non-hydrogen) atoms. The molecule has 0 radical (unpaired) electrons. The molecule has 0 fully saturated rings. The monoisotopic (exact) mass is 328 g/mol. The van der Waals surface area contributed by atoms with E-state index in [2.05, 4.69) is 10.3 Å². The normalized spacial score (nSPS) is 13.3. The van der Waals surface area contributed by atoms with Crippen LogP contribution in [0.1, 0.15) is 17.5 Å². The lowest BCUT2D eigenvalue weighted by atomic mass is 10.1. The first-order valence-corrected chi connectivity index (χ1v) is 7.84. The van der Waals surface area contributed by atoms with Gasteiger partial charge in [0.2, 0.25) is 5.82 Å². The Balaban J connectivity index is 1.85. The molecule has 2 aromatic rings. The van der Waals surface area contributed by atoms with Crippen molar-refractivity contribution in [1.82, 2.24) is 4.98 Å². The molecule has 1 aromatic heterocycles. The maximum Gasteiger partial charge on any atom is 0.311 e. The molecule has 0 bridgehead atoms. The van der Waals surface area contributed by atoms with Gasteiger partial charge in [-0.3, -0.25) is 10.1 Å². The molecule has 1 aliphatic heterocycles. The zero-order valence-electron chi connectivity index (χ0n) is 13.8. The third-order valence-corrected chi connectivity index (χ3v) is 4.18. The number of rotatable bonds is 5. The SMILES string of the molecule is COc1ccc(CNc2nc3c(cc2[N+](=O)[O-])CCCN3C)cc1. The van der Waals surface area contributed by atoms with Gasteiger partial charge >= 0.3 is 5.69 Å². The number of fused-ring (bicyclic) bond motifs is 1. The number of aryl methyl sites for hydroxylation is 1. The second kappa shape index (κ2) is 6.74. The summed E-state index contributed by atoms with van der Waals surface area (Å²) in [4.78, 5) is 17.6. The number of aromatic nitrogens is 1. The van der Waals surface area contributed by atoms with E-state index in [4.69, 9.17) is 4.74 Å². The number of methoxy groups -OCH3 is 1. The first-order chi connectivity index (χ1) is 11.6. The Morgan fingerprint density at radius 2 is 2.12 bits per heavy atom. The van der Waals surface area contributed by atoms with Gasteiger partial charge in [0.05, 0.1) is 12.0 Å². The third-order valence-electron chi connectivity index (χ3n) is 4.18. The van der Waals surface area contributed by atoms with Gasteiger partial charge in [-0.2, -0.15) is 0 Å². The average Bonchev–Trinajstić information content (AvgIpc) is 2.60. The quantitative estimate of drug-likeness (QED) is 0.671. The first-order valence-electron chi connectivity index (χ1n) is 7.84. The Hall–Kier alpha value is -2.83. The summed E-state index contributed by atoms with van der Waals surface area (Å²) >= 11 is 0. The number of hydrogen-bond donors (Lipinski definition) is 1. The van der Waals surface area contributed by atoms with E-state index in [-0.39, 0.29) is 10.6 Å². The standard InChI is InChI=1S/C17H20N4O3/c1-20-9-3-4-13-10-15(21(22)23)16(19-17(13)20)18-11-12-5-7-14(24-2)8-6-12/h5-8,10H,3-4,9,11H2,1-2H3,(H,18,19). The van der Waals surface area contributed by atoms with Crippen molar-refractivity contribution in [2.24, 2.45) is 0 Å². The van der Waals surface area contributed by atoms with Crippen LogP contribution in [0, 0.1) is 10.1 Å². The Kier molecular flexibility index (Phi) is 4.50. The molecule has 7 heteroatoms. The van der Waals surface area contributed by atoms with E-state index in [1.165, 1.54) is 0 Å². The second-order valence-corrected chi connectivity index (χ2v) is 5.82. The minimum Gasteiger partial charge on any atom is -0.497 e. The smallest absolute Gasteiger partial charge is 0.311 e. The van der Waals surface area contributed by atoms with Crippen LogP contribution in [0.3, 0.4) is 0 Å². The molecule has 0 spiro atoms. The highest BCUT2D eigenvalue weighted by atomic mass is 16.6. The summed E-state index contributed by atoms with van der Waals surface area (Å²) in [6.07, 6.45) is 1.81. The number of nitro groups is 1. The van der Waals surface area contributed by atoms with E-state index >= 15 is 0 Å². The molecule has 7 nitrogen and oxygen atoms in total. The van der Waals surface area contributed by atoms with Gasteiger partial charge in [-0.1, -0.05) is 12.1 Å². The summed E-state index contributed by atoms with van der Waals surface area (Å²) in [5, 5.41) is 14.5. The molecular formula is C17H20N4O3. The van der Waals surface area contributed by atoms with Gasteiger partial charge in [-0.25, -0.2) is 4.98 Å². The summed E-state index contributed by atoms with van der Waals surface area (Å²) in [5.74, 6) is 1.91. The topological polar surface area (TPSA) is 80.5 Å². The molecule has 0 saturated carbocycles. The van der Waals surface area contributed by atoms with E-state index in [0.29, 0.717) is 12.4 Å². The van der Waals surface area contributed by atoms with Crippen molar-refractivity contribution in [3.63, 3.8) is 0 Å². The van der Waals surface area contributed by atoms with Gasteiger partial charge in [-0.15, -0.1) is 0 Å². The van der Waals surface area contributed by atoms with E-state index < -0.39 is 0 Å². The predicted octanol–water partition coefficient (Wildman–Crippen LogP) is 2.99. The van der Waals surface area contributed by atoms with Gasteiger partial charge < -0.3 is 15.0 Å². The molecule has 0 atom stereocenters. The summed E-state index contributed by atoms with van der Waals surface area (Å²) in [6, 6.07) is 9.21. The van der Waals surface area contributed by atoms with Crippen LogP contribution < -0.4 is 15.0 Å². The fraction of sp³-hybridized carbons (Fsp3) is 0.353. The molecule has 1 N–H and O–H groups in total. The highest BCUT2D eigenvalue weighted by Gasteiger charge is 2.23. The highest BCUT2D eigenvalue weighted by Crippen LogP contribution is 2.32. The lowest BCUT2D eigenvalue weighted by Crippen LogP contribution is -2.26. The van der Waals surface area contributed by atoms with Crippen molar-refractivity contribution in [2.75, 3.05) is 30.9 Å². The van der Waals surface area contributed by atoms with Crippen LogP contribution in [0.15, 0.2) is 30.3 Å². The molecule has 3 rings (SSSR count). The fourth-order valence-electron chi connectivity index (χ4n) is 2.86. The van der Waals surface area contributed by atoms with Crippen LogP contribution >= 0.6 is 0 Å². The zero-order chi connectivity index (χ0) is 17.1. The van der Waals surface area contributed by atoms with Gasteiger partial charge in [0, 0.05) is 31.8 Å². The Morgan fingerprint density at radius 3 is 2.79 bits per heavy atom. The van der Waals surface area contributed by atoms with Gasteiger partial charge in [-0.05, 0) is 30.5 Å². The van der Waals surface area contributed by atoms with Crippen molar-refractivity contribution < 1.29 is 9.66 Å². The number of hydrogen-bond acceptors (Lipinski definition) is 6. The summed E-state index contributed by atoms with van der Waals surface area (Å²) in [6.45, 7) is 1.37. The van der Waals surface area contributed by atoms with E-state index in [1.807, 2.05) is 36.2 Å². The second-order valence-electron chi connectivity index (χ2n) is 5.82. The molecular weight excluding hydrogens is 308 g/mol. The lowest BCUT2D eigenvalue weighted by Gasteiger charge is -2.26. The maximum absolute atomic E-state index is 11.4. The van der Waals surface area contributed by atoms with Crippen LogP contribution in [-0.2, 0) is 13.0 Å². The van der Waals surface area contributed by atoms with Crippen molar-refractivity contribution in [3.05, 3.63) is 51.6 Å². The van der Waals surface area contributed by atoms with Crippen LogP contribution in [0.25, 0.3) is 0 Å². The van der Waals surface area contributed by atoms with Gasteiger partial charge in [0.1, 0.15) is 11.6 Å². The number of ether oxygens (including phenoxy) is 1. The van der Waals surface area contributed by atoms with Gasteiger partial charge in [0.25, 0.3) is 0 Å². The molecule has 0 amide bonds. The maximum atomic E-state index is 11.4. The number of benzene rings is 1. The number of pyridine rings is 1. The minimum absolute atomic E-state index is 0.0255. The van der Waals surface area contributed by atoms with Crippen molar-refractivity contribution in [1.29, 1.82) is 0 Å². The summed E-state index contributed by atoms with van der Waals surface area (Å²) in [7, 11) is 3.58. The zero-order valence-corrected chi connectivity index (χ0v) is 13.8. The van der Waals surface area contributed by atoms with E-state index in [9.17, 15) is 10.1 Å². The average molecular weight is 328 g/mol. The predicted molar refractivity (Wildman–Crippen MR) is 92.8 cm³/mol. The Morgan fingerprint density at radius 1 is 1.38 bits per heavy atom. The van der Waals surface area contributed by atoms with E-state index in [1.54, 1.807) is 13.2 Å². The fourth-order valence-corrected chi connectivity index (χ4v) is 2.86. The van der Waals surface area contributed by atoms with Crippen molar-refractivity contribution >= 4 is 17.3 Å². The molecule has 2 heterocycles. The minimum atomic E-state index is -0.377. The van der Waals surface area contributed by atoms with Crippen molar-refractivity contribution in [3.8, 4) is 5.75 Å². The molecule has 0 saturated heterocycles. The number of anilines is 2. The lowest BCUT2D eigenvalue weighted by molar-refractivity contribution is -0.384. The van der Waals surface area contributed by atoms with Gasteiger partial charge in [0.15, 0.2) is 0 Å². The molecule has 126 valence electrons. The molecule has 0 unspecified atom stereocenters. The summed E-state index contributed by atoms with van der Waals surface area (Å²) < 4.78 is 5.13. The molecule has 0 aliphatic carbocycles. The van der Waals surface area contributed by atoms with Crippen molar-refractivity contribution in [2.45, 2.75) is 19.4 Å². The number of nitrogens with one attached hydrogen (secondary N) is 1. The van der Waals surface area contributed by atoms with Crippen LogP contribution in [0.4, 0.5) is 17.3 Å². The molecule has 1 aliphatic rings. The first kappa shape index (κ1) is 16.0. The molecule has 1 aromatic carbocycles. The Bertz CT molecular complexity index is 746. The van der Waals surface area contributed by atoms with Crippen LogP contribution in [0.5, 0.6) is 5.75 Å². The largest absolute Gasteiger partial charge is 0.497 e. The van der Waals surface area contributed by atoms with Crippen LogP contribution in [-0.4, -0.2) is 30.6 Å². The van der Waals surface area contributed by atoms with Crippen LogP contribution in [0.2, 0.25) is 0 Å². The highest BCUT2D eigenvalue weighted by molar-refractivity contribution is 5.65.